The standard InChI is InChI=1S/C20H30N2O2S/c1-19(2,3)12-18-21-16-11-15(25(23,24)20(4,5)6)9-10-17(16)22(18)13-14-7-8-14/h9-11,14H,7-8,12-13H2,1-6H3. The van der Waals surface area contributed by atoms with Crippen LogP contribution in [0.3, 0.4) is 0 Å². The molecule has 1 saturated carbocycles. The summed E-state index contributed by atoms with van der Waals surface area (Å²) in [5, 5.41) is 0. The summed E-state index contributed by atoms with van der Waals surface area (Å²) in [5.41, 5.74) is 1.99. The highest BCUT2D eigenvalue weighted by molar-refractivity contribution is 7.92. The summed E-state index contributed by atoms with van der Waals surface area (Å²) in [6.07, 6.45) is 3.45. The van der Waals surface area contributed by atoms with Crippen LogP contribution in [-0.4, -0.2) is 22.7 Å². The van der Waals surface area contributed by atoms with Crippen LogP contribution in [0.25, 0.3) is 11.0 Å². The first-order chi connectivity index (χ1) is 11.4. The van der Waals surface area contributed by atoms with E-state index in [1.165, 1.54) is 12.8 Å². The van der Waals surface area contributed by atoms with Gasteiger partial charge in [0, 0.05) is 13.0 Å². The Kier molecular flexibility index (Phi) is 4.30. The molecule has 1 heterocycles. The lowest BCUT2D eigenvalue weighted by Gasteiger charge is -2.19. The third-order valence-corrected chi connectivity index (χ3v) is 7.23. The Morgan fingerprint density at radius 3 is 2.28 bits per heavy atom. The molecule has 1 aromatic heterocycles. The summed E-state index contributed by atoms with van der Waals surface area (Å²) in [6, 6.07) is 5.44. The number of hydrogen-bond acceptors (Lipinski definition) is 3. The highest BCUT2D eigenvalue weighted by atomic mass is 32.2. The summed E-state index contributed by atoms with van der Waals surface area (Å²) >= 11 is 0. The third-order valence-electron chi connectivity index (χ3n) is 4.74. The maximum atomic E-state index is 12.8. The van der Waals surface area contributed by atoms with Gasteiger partial charge < -0.3 is 4.57 Å². The molecular weight excluding hydrogens is 332 g/mol. The van der Waals surface area contributed by atoms with Crippen LogP contribution in [0.15, 0.2) is 23.1 Å². The number of rotatable bonds is 4. The normalized spacial score (nSPS) is 16.6. The Hall–Kier alpha value is -1.36. The predicted octanol–water partition coefficient (Wildman–Crippen LogP) is 4.61. The molecule has 25 heavy (non-hydrogen) atoms. The second kappa shape index (κ2) is 5.83. The van der Waals surface area contributed by atoms with Crippen molar-refractivity contribution in [1.82, 2.24) is 9.55 Å². The molecule has 138 valence electrons. The molecular formula is C20H30N2O2S. The van der Waals surface area contributed by atoms with Gasteiger partial charge in [-0.25, -0.2) is 13.4 Å². The first-order valence-corrected chi connectivity index (χ1v) is 10.6. The van der Waals surface area contributed by atoms with E-state index in [0.29, 0.717) is 4.90 Å². The maximum absolute atomic E-state index is 12.8. The van der Waals surface area contributed by atoms with Gasteiger partial charge in [0.05, 0.1) is 20.7 Å². The topological polar surface area (TPSA) is 52.0 Å². The Labute approximate surface area is 151 Å². The molecule has 4 nitrogen and oxygen atoms in total. The monoisotopic (exact) mass is 362 g/mol. The van der Waals surface area contributed by atoms with E-state index >= 15 is 0 Å². The van der Waals surface area contributed by atoms with Gasteiger partial charge in [-0.1, -0.05) is 20.8 Å². The molecule has 0 amide bonds. The fourth-order valence-corrected chi connectivity index (χ4v) is 4.27. The number of benzene rings is 1. The minimum Gasteiger partial charge on any atom is -0.328 e. The molecule has 0 radical (unpaired) electrons. The molecule has 0 atom stereocenters. The second-order valence-electron chi connectivity index (χ2n) is 9.59. The lowest BCUT2D eigenvalue weighted by atomic mass is 9.92. The zero-order valence-corrected chi connectivity index (χ0v) is 17.1. The van der Waals surface area contributed by atoms with Crippen molar-refractivity contribution in [2.75, 3.05) is 0 Å². The van der Waals surface area contributed by atoms with Crippen LogP contribution in [0.4, 0.5) is 0 Å². The molecule has 0 N–H and O–H groups in total. The molecule has 2 aromatic rings. The smallest absolute Gasteiger partial charge is 0.183 e. The number of hydrogen-bond donors (Lipinski definition) is 0. The number of nitrogens with zero attached hydrogens (tertiary/aromatic N) is 2. The number of sulfone groups is 1. The molecule has 0 bridgehead atoms. The van der Waals surface area contributed by atoms with Gasteiger partial charge in [0.25, 0.3) is 0 Å². The number of aromatic nitrogens is 2. The van der Waals surface area contributed by atoms with Gasteiger partial charge in [-0.2, -0.15) is 0 Å². The van der Waals surface area contributed by atoms with Gasteiger partial charge in [-0.3, -0.25) is 0 Å². The highest BCUT2D eigenvalue weighted by Crippen LogP contribution is 2.34. The van der Waals surface area contributed by atoms with E-state index in [0.717, 1.165) is 35.7 Å². The van der Waals surface area contributed by atoms with E-state index in [1.807, 2.05) is 6.07 Å². The van der Waals surface area contributed by atoms with E-state index in [4.69, 9.17) is 4.98 Å². The first-order valence-electron chi connectivity index (χ1n) is 9.12. The highest BCUT2D eigenvalue weighted by Gasteiger charge is 2.32. The van der Waals surface area contributed by atoms with Crippen LogP contribution >= 0.6 is 0 Å². The average Bonchev–Trinajstić information content (AvgIpc) is 3.19. The minimum atomic E-state index is -3.37. The first kappa shape index (κ1) is 18.4. The van der Waals surface area contributed by atoms with Crippen molar-refractivity contribution >= 4 is 20.9 Å². The van der Waals surface area contributed by atoms with Gasteiger partial charge in [0.15, 0.2) is 9.84 Å². The molecule has 0 spiro atoms. The van der Waals surface area contributed by atoms with Crippen molar-refractivity contribution in [2.24, 2.45) is 11.3 Å². The number of fused-ring (bicyclic) bond motifs is 1. The van der Waals surface area contributed by atoms with Crippen LogP contribution in [0.5, 0.6) is 0 Å². The van der Waals surface area contributed by atoms with Crippen molar-refractivity contribution in [2.45, 2.75) is 77.0 Å². The van der Waals surface area contributed by atoms with Gasteiger partial charge in [0.1, 0.15) is 5.82 Å². The van der Waals surface area contributed by atoms with Crippen molar-refractivity contribution in [3.8, 4) is 0 Å². The summed E-state index contributed by atoms with van der Waals surface area (Å²) in [5.74, 6) is 1.81. The van der Waals surface area contributed by atoms with Gasteiger partial charge in [-0.05, 0) is 63.1 Å². The second-order valence-corrected chi connectivity index (χ2v) is 12.3. The summed E-state index contributed by atoms with van der Waals surface area (Å²) in [6.45, 7) is 12.8. The van der Waals surface area contributed by atoms with Crippen LogP contribution in [0.2, 0.25) is 0 Å². The lowest BCUT2D eigenvalue weighted by molar-refractivity contribution is 0.391. The Morgan fingerprint density at radius 2 is 1.76 bits per heavy atom. The van der Waals surface area contributed by atoms with Gasteiger partial charge in [-0.15, -0.1) is 0 Å². The molecule has 1 aromatic carbocycles. The Bertz CT molecular complexity index is 892. The molecule has 0 unspecified atom stereocenters. The van der Waals surface area contributed by atoms with E-state index in [2.05, 4.69) is 25.3 Å². The van der Waals surface area contributed by atoms with Gasteiger partial charge in [0.2, 0.25) is 0 Å². The molecule has 1 fully saturated rings. The van der Waals surface area contributed by atoms with Gasteiger partial charge >= 0.3 is 0 Å². The minimum absolute atomic E-state index is 0.142. The van der Waals surface area contributed by atoms with E-state index < -0.39 is 14.6 Å². The molecule has 0 aliphatic heterocycles. The summed E-state index contributed by atoms with van der Waals surface area (Å²) < 4.78 is 27.0. The molecule has 0 saturated heterocycles. The van der Waals surface area contributed by atoms with Crippen molar-refractivity contribution in [1.29, 1.82) is 0 Å². The molecule has 1 aliphatic carbocycles. The Balaban J connectivity index is 2.11. The zero-order valence-electron chi connectivity index (χ0n) is 16.3. The fraction of sp³-hybridized carbons (Fsp3) is 0.650. The number of imidazole rings is 1. The maximum Gasteiger partial charge on any atom is 0.183 e. The fourth-order valence-electron chi connectivity index (χ4n) is 3.05. The van der Waals surface area contributed by atoms with E-state index in [9.17, 15) is 8.42 Å². The van der Waals surface area contributed by atoms with Crippen LogP contribution in [-0.2, 0) is 22.8 Å². The largest absolute Gasteiger partial charge is 0.328 e. The predicted molar refractivity (Wildman–Crippen MR) is 103 cm³/mol. The SMILES string of the molecule is CC(C)(C)Cc1nc2cc(S(=O)(=O)C(C)(C)C)ccc2n1CC1CC1. The van der Waals surface area contributed by atoms with E-state index in [1.54, 1.807) is 32.9 Å². The van der Waals surface area contributed by atoms with Crippen molar-refractivity contribution in [3.63, 3.8) is 0 Å². The van der Waals surface area contributed by atoms with Crippen molar-refractivity contribution < 1.29 is 8.42 Å². The van der Waals surface area contributed by atoms with E-state index in [-0.39, 0.29) is 5.41 Å². The van der Waals surface area contributed by atoms with Crippen molar-refractivity contribution in [3.05, 3.63) is 24.0 Å². The summed E-state index contributed by atoms with van der Waals surface area (Å²) in [7, 11) is -3.37. The molecule has 5 heteroatoms. The van der Waals surface area contributed by atoms with Crippen LogP contribution in [0.1, 0.15) is 60.2 Å². The summed E-state index contributed by atoms with van der Waals surface area (Å²) in [4.78, 5) is 5.20. The molecule has 1 aliphatic rings. The molecule has 3 rings (SSSR count). The third kappa shape index (κ3) is 3.76. The quantitative estimate of drug-likeness (QED) is 0.798. The lowest BCUT2D eigenvalue weighted by Crippen LogP contribution is -2.27. The van der Waals surface area contributed by atoms with Crippen LogP contribution in [0, 0.1) is 11.3 Å². The van der Waals surface area contributed by atoms with Crippen LogP contribution < -0.4 is 0 Å². The zero-order chi connectivity index (χ0) is 18.6. The average molecular weight is 363 g/mol. The Morgan fingerprint density at radius 1 is 1.12 bits per heavy atom.